The Morgan fingerprint density at radius 2 is 2.17 bits per heavy atom. The van der Waals surface area contributed by atoms with E-state index in [1.54, 1.807) is 12.3 Å². The molecule has 1 N–H and O–H groups in total. The number of hydrogen-bond acceptors (Lipinski definition) is 2. The molecule has 0 atom stereocenters. The molecule has 0 spiro atoms. The third kappa shape index (κ3) is 2.01. The van der Waals surface area contributed by atoms with E-state index in [-0.39, 0.29) is 5.82 Å². The molecule has 1 aromatic carbocycles. The minimum Gasteiger partial charge on any atom is -0.279 e. The molecule has 2 aromatic heterocycles. The lowest BCUT2D eigenvalue weighted by molar-refractivity contribution is 0.612. The van der Waals surface area contributed by atoms with Crippen molar-refractivity contribution in [2.45, 2.75) is 6.42 Å². The van der Waals surface area contributed by atoms with Gasteiger partial charge in [0.15, 0.2) is 5.65 Å². The zero-order valence-electron chi connectivity index (χ0n) is 9.32. The lowest BCUT2D eigenvalue weighted by Crippen LogP contribution is -1.93. The first kappa shape index (κ1) is 11.3. The van der Waals surface area contributed by atoms with Crippen molar-refractivity contribution >= 4 is 27.0 Å². The zero-order valence-corrected chi connectivity index (χ0v) is 10.9. The minimum absolute atomic E-state index is 0.226. The van der Waals surface area contributed by atoms with Gasteiger partial charge in [-0.3, -0.25) is 5.10 Å². The fourth-order valence-electron chi connectivity index (χ4n) is 1.89. The van der Waals surface area contributed by atoms with Gasteiger partial charge in [0.1, 0.15) is 5.82 Å². The molecule has 0 radical (unpaired) electrons. The van der Waals surface area contributed by atoms with E-state index in [0.717, 1.165) is 15.6 Å². The van der Waals surface area contributed by atoms with Gasteiger partial charge >= 0.3 is 0 Å². The highest BCUT2D eigenvalue weighted by atomic mass is 79.9. The molecule has 0 aliphatic rings. The fourth-order valence-corrected chi connectivity index (χ4v) is 2.23. The number of benzene rings is 1. The van der Waals surface area contributed by atoms with Crippen LogP contribution in [-0.4, -0.2) is 15.2 Å². The van der Waals surface area contributed by atoms with E-state index in [1.807, 2.05) is 18.2 Å². The van der Waals surface area contributed by atoms with Gasteiger partial charge in [-0.25, -0.2) is 9.37 Å². The van der Waals surface area contributed by atoms with E-state index in [2.05, 4.69) is 31.1 Å². The number of nitrogens with one attached hydrogen (secondary N) is 1. The number of nitrogens with zero attached hydrogens (tertiary/aromatic N) is 2. The molecular weight excluding hydrogens is 297 g/mol. The molecule has 0 bridgehead atoms. The van der Waals surface area contributed by atoms with Gasteiger partial charge < -0.3 is 0 Å². The van der Waals surface area contributed by atoms with Gasteiger partial charge in [0.2, 0.25) is 0 Å². The molecule has 0 unspecified atom stereocenters. The summed E-state index contributed by atoms with van der Waals surface area (Å²) in [6, 6.07) is 8.83. The quantitative estimate of drug-likeness (QED) is 0.788. The molecule has 3 rings (SSSR count). The number of fused-ring (bicyclic) bond motifs is 1. The van der Waals surface area contributed by atoms with E-state index >= 15 is 0 Å². The van der Waals surface area contributed by atoms with Crippen LogP contribution in [0.4, 0.5) is 4.39 Å². The fraction of sp³-hybridized carbons (Fsp3) is 0.0769. The van der Waals surface area contributed by atoms with Crippen molar-refractivity contribution in [3.05, 3.63) is 58.1 Å². The Morgan fingerprint density at radius 3 is 3.00 bits per heavy atom. The summed E-state index contributed by atoms with van der Waals surface area (Å²) >= 11 is 3.24. The summed E-state index contributed by atoms with van der Waals surface area (Å²) in [5, 5.41) is 7.94. The Balaban J connectivity index is 2.01. The molecule has 2 heterocycles. The smallest absolute Gasteiger partial charge is 0.181 e. The molecule has 0 amide bonds. The third-order valence-electron chi connectivity index (χ3n) is 2.79. The van der Waals surface area contributed by atoms with Gasteiger partial charge in [0, 0.05) is 28.2 Å². The SMILES string of the molecule is Fc1cc(Br)ccc1Cc1[nH]nc2ncccc12. The number of aromatic nitrogens is 3. The third-order valence-corrected chi connectivity index (χ3v) is 3.28. The zero-order chi connectivity index (χ0) is 12.5. The Kier molecular flexibility index (Phi) is 2.83. The Morgan fingerprint density at radius 1 is 1.28 bits per heavy atom. The predicted molar refractivity (Wildman–Crippen MR) is 70.8 cm³/mol. The van der Waals surface area contributed by atoms with Crippen molar-refractivity contribution in [2.75, 3.05) is 0 Å². The number of rotatable bonds is 2. The maximum absolute atomic E-state index is 13.8. The van der Waals surface area contributed by atoms with Gasteiger partial charge in [-0.2, -0.15) is 5.10 Å². The molecule has 0 aliphatic carbocycles. The molecule has 5 heteroatoms. The van der Waals surface area contributed by atoms with Crippen LogP contribution in [0.1, 0.15) is 11.3 Å². The van der Waals surface area contributed by atoms with Crippen molar-refractivity contribution in [3.63, 3.8) is 0 Å². The number of aromatic amines is 1. The van der Waals surface area contributed by atoms with E-state index in [4.69, 9.17) is 0 Å². The van der Waals surface area contributed by atoms with Gasteiger partial charge in [0.25, 0.3) is 0 Å². The van der Waals surface area contributed by atoms with E-state index in [1.165, 1.54) is 6.07 Å². The second-order valence-corrected chi connectivity index (χ2v) is 4.90. The van der Waals surface area contributed by atoms with E-state index in [9.17, 15) is 4.39 Å². The lowest BCUT2D eigenvalue weighted by atomic mass is 10.1. The van der Waals surface area contributed by atoms with Crippen molar-refractivity contribution in [1.29, 1.82) is 0 Å². The Labute approximate surface area is 111 Å². The predicted octanol–water partition coefficient (Wildman–Crippen LogP) is 3.45. The van der Waals surface area contributed by atoms with Gasteiger partial charge in [0.05, 0.1) is 0 Å². The van der Waals surface area contributed by atoms with Crippen molar-refractivity contribution < 1.29 is 4.39 Å². The summed E-state index contributed by atoms with van der Waals surface area (Å²) in [5.41, 5.74) is 2.16. The van der Waals surface area contributed by atoms with Crippen LogP contribution in [0.25, 0.3) is 11.0 Å². The summed E-state index contributed by atoms with van der Waals surface area (Å²) in [6.07, 6.45) is 2.16. The molecular formula is C13H9BrFN3. The summed E-state index contributed by atoms with van der Waals surface area (Å²) in [5.74, 6) is -0.226. The Bertz CT molecular complexity index is 708. The van der Waals surface area contributed by atoms with Crippen LogP contribution in [0.15, 0.2) is 41.0 Å². The highest BCUT2D eigenvalue weighted by Gasteiger charge is 2.09. The van der Waals surface area contributed by atoms with Crippen LogP contribution in [-0.2, 0) is 6.42 Å². The number of pyridine rings is 1. The minimum atomic E-state index is -0.226. The van der Waals surface area contributed by atoms with Crippen LogP contribution in [0.2, 0.25) is 0 Å². The first-order valence-electron chi connectivity index (χ1n) is 5.46. The molecule has 0 saturated carbocycles. The molecule has 0 fully saturated rings. The topological polar surface area (TPSA) is 41.6 Å². The number of halogens is 2. The van der Waals surface area contributed by atoms with Gasteiger partial charge in [-0.05, 0) is 29.8 Å². The van der Waals surface area contributed by atoms with Crippen LogP contribution in [0, 0.1) is 5.82 Å². The van der Waals surface area contributed by atoms with Crippen LogP contribution < -0.4 is 0 Å². The monoisotopic (exact) mass is 305 g/mol. The molecule has 3 aromatic rings. The summed E-state index contributed by atoms with van der Waals surface area (Å²) < 4.78 is 14.5. The van der Waals surface area contributed by atoms with Crippen molar-refractivity contribution in [2.24, 2.45) is 0 Å². The van der Waals surface area contributed by atoms with Gasteiger partial charge in [-0.1, -0.05) is 22.0 Å². The van der Waals surface area contributed by atoms with E-state index < -0.39 is 0 Å². The number of H-pyrrole nitrogens is 1. The molecule has 90 valence electrons. The summed E-state index contributed by atoms with van der Waals surface area (Å²) in [4.78, 5) is 4.14. The summed E-state index contributed by atoms with van der Waals surface area (Å²) in [7, 11) is 0. The van der Waals surface area contributed by atoms with Crippen molar-refractivity contribution in [1.82, 2.24) is 15.2 Å². The highest BCUT2D eigenvalue weighted by Crippen LogP contribution is 2.20. The Hall–Kier alpha value is -1.75. The standard InChI is InChI=1S/C13H9BrFN3/c14-9-4-3-8(11(15)7-9)6-12-10-2-1-5-16-13(10)18-17-12/h1-5,7H,6H2,(H,16,17,18). The largest absolute Gasteiger partial charge is 0.279 e. The van der Waals surface area contributed by atoms with Crippen molar-refractivity contribution in [3.8, 4) is 0 Å². The molecule has 18 heavy (non-hydrogen) atoms. The second kappa shape index (κ2) is 4.49. The van der Waals surface area contributed by atoms with Crippen LogP contribution in [0.5, 0.6) is 0 Å². The average Bonchev–Trinajstić information content (AvgIpc) is 2.76. The molecule has 0 saturated heterocycles. The van der Waals surface area contributed by atoms with Gasteiger partial charge in [-0.15, -0.1) is 0 Å². The highest BCUT2D eigenvalue weighted by molar-refractivity contribution is 9.10. The first-order valence-corrected chi connectivity index (χ1v) is 6.25. The maximum Gasteiger partial charge on any atom is 0.181 e. The maximum atomic E-state index is 13.8. The van der Waals surface area contributed by atoms with E-state index in [0.29, 0.717) is 17.6 Å². The lowest BCUT2D eigenvalue weighted by Gasteiger charge is -2.02. The first-order chi connectivity index (χ1) is 8.74. The van der Waals surface area contributed by atoms with Crippen LogP contribution >= 0.6 is 15.9 Å². The number of hydrogen-bond donors (Lipinski definition) is 1. The van der Waals surface area contributed by atoms with Crippen LogP contribution in [0.3, 0.4) is 0 Å². The average molecular weight is 306 g/mol. The molecule has 0 aliphatic heterocycles. The normalized spacial score (nSPS) is 11.0. The molecule has 3 nitrogen and oxygen atoms in total. The second-order valence-electron chi connectivity index (χ2n) is 3.99. The summed E-state index contributed by atoms with van der Waals surface area (Å²) in [6.45, 7) is 0.